The molecule has 2 aliphatic rings. The minimum absolute atomic E-state index is 0.157. The van der Waals surface area contributed by atoms with Gasteiger partial charge in [0.15, 0.2) is 11.8 Å². The lowest BCUT2D eigenvalue weighted by Crippen LogP contribution is -2.52. The van der Waals surface area contributed by atoms with Crippen molar-refractivity contribution in [3.05, 3.63) is 29.1 Å². The highest BCUT2D eigenvalue weighted by molar-refractivity contribution is 5.90. The first kappa shape index (κ1) is 20.8. The summed E-state index contributed by atoms with van der Waals surface area (Å²) in [5.41, 5.74) is 5.71. The van der Waals surface area contributed by atoms with Gasteiger partial charge in [-0.1, -0.05) is 6.07 Å². The number of nitrogens with two attached hydrogens (primary N) is 1. The zero-order valence-electron chi connectivity index (χ0n) is 16.1. The summed E-state index contributed by atoms with van der Waals surface area (Å²) in [5, 5.41) is 18.4. The first-order valence-electron chi connectivity index (χ1n) is 9.55. The van der Waals surface area contributed by atoms with Crippen LogP contribution in [0.2, 0.25) is 0 Å². The lowest BCUT2D eigenvalue weighted by Gasteiger charge is -2.41. The van der Waals surface area contributed by atoms with E-state index < -0.39 is 17.9 Å². The molecular formula is C19H25FN6O3. The summed E-state index contributed by atoms with van der Waals surface area (Å²) in [4.78, 5) is 15.8. The standard InChI is InChI=1S/C19H25FN6O3/c20-16-14(12-29-19(27)24-18(22)23)2-1-13(11-21)17(16)26-7-5-25(6-8-26)15-3-9-28-10-4-15/h1-2,15H,3-10,12H2,(H4,22,23,24,27). The van der Waals surface area contributed by atoms with E-state index in [1.54, 1.807) is 0 Å². The Bertz CT molecular complexity index is 798. The second-order valence-electron chi connectivity index (χ2n) is 7.03. The van der Waals surface area contributed by atoms with Crippen molar-refractivity contribution < 1.29 is 18.7 Å². The second kappa shape index (κ2) is 9.54. The van der Waals surface area contributed by atoms with Crippen molar-refractivity contribution in [1.82, 2.24) is 10.2 Å². The molecule has 2 saturated heterocycles. The Morgan fingerprint density at radius 2 is 2.03 bits per heavy atom. The van der Waals surface area contributed by atoms with Crippen LogP contribution in [0.5, 0.6) is 0 Å². The number of carbonyl (C=O) groups excluding carboxylic acids is 1. The first-order chi connectivity index (χ1) is 14.0. The summed E-state index contributed by atoms with van der Waals surface area (Å²) >= 11 is 0. The van der Waals surface area contributed by atoms with Crippen molar-refractivity contribution in [2.45, 2.75) is 25.5 Å². The van der Waals surface area contributed by atoms with Crippen molar-refractivity contribution in [1.29, 1.82) is 10.7 Å². The van der Waals surface area contributed by atoms with Gasteiger partial charge in [0.2, 0.25) is 0 Å². The zero-order valence-corrected chi connectivity index (χ0v) is 16.1. The van der Waals surface area contributed by atoms with Gasteiger partial charge in [0, 0.05) is 51.0 Å². The summed E-state index contributed by atoms with van der Waals surface area (Å²) in [7, 11) is 0. The molecule has 29 heavy (non-hydrogen) atoms. The molecule has 2 heterocycles. The van der Waals surface area contributed by atoms with Gasteiger partial charge in [-0.25, -0.2) is 9.18 Å². The highest BCUT2D eigenvalue weighted by Crippen LogP contribution is 2.29. The molecule has 0 spiro atoms. The average Bonchev–Trinajstić information content (AvgIpc) is 2.73. The zero-order chi connectivity index (χ0) is 20.8. The van der Waals surface area contributed by atoms with Crippen molar-refractivity contribution in [2.75, 3.05) is 44.3 Å². The number of hydrogen-bond donors (Lipinski definition) is 3. The van der Waals surface area contributed by atoms with Gasteiger partial charge in [-0.15, -0.1) is 0 Å². The summed E-state index contributed by atoms with van der Waals surface area (Å²) in [5.74, 6) is -1.13. The molecule has 0 radical (unpaired) electrons. The highest BCUT2D eigenvalue weighted by Gasteiger charge is 2.28. The fraction of sp³-hybridized carbons (Fsp3) is 0.526. The maximum atomic E-state index is 15.2. The topological polar surface area (TPSA) is 128 Å². The summed E-state index contributed by atoms with van der Waals surface area (Å²) in [6.07, 6.45) is 1.08. The molecule has 10 heteroatoms. The van der Waals surface area contributed by atoms with Crippen molar-refractivity contribution in [3.8, 4) is 6.07 Å². The Balaban J connectivity index is 1.69. The fourth-order valence-electron chi connectivity index (χ4n) is 3.77. The lowest BCUT2D eigenvalue weighted by molar-refractivity contribution is 0.0321. The molecule has 0 saturated carbocycles. The Kier molecular flexibility index (Phi) is 6.85. The molecule has 0 unspecified atom stereocenters. The largest absolute Gasteiger partial charge is 0.444 e. The first-order valence-corrected chi connectivity index (χ1v) is 9.55. The minimum atomic E-state index is -0.937. The SMILES string of the molecule is N#Cc1ccc(COC(=O)NC(=N)N)c(F)c1N1CCN(C2CCOCC2)CC1. The number of hydrogen-bond acceptors (Lipinski definition) is 7. The van der Waals surface area contributed by atoms with Crippen LogP contribution in [0.25, 0.3) is 0 Å². The van der Waals surface area contributed by atoms with Gasteiger partial charge in [0.25, 0.3) is 0 Å². The Hall–Kier alpha value is -2.90. The number of guanidine groups is 1. The Morgan fingerprint density at radius 3 is 2.66 bits per heavy atom. The third-order valence-corrected chi connectivity index (χ3v) is 5.25. The number of nitrogens with one attached hydrogen (secondary N) is 2. The number of alkyl carbamates (subject to hydrolysis) is 1. The molecule has 2 fully saturated rings. The molecule has 1 aromatic carbocycles. The Morgan fingerprint density at radius 1 is 1.34 bits per heavy atom. The number of ether oxygens (including phenoxy) is 2. The predicted molar refractivity (Wildman–Crippen MR) is 104 cm³/mol. The van der Waals surface area contributed by atoms with Crippen LogP contribution in [0, 0.1) is 22.6 Å². The van der Waals surface area contributed by atoms with Crippen LogP contribution in [0.15, 0.2) is 12.1 Å². The van der Waals surface area contributed by atoms with Crippen LogP contribution >= 0.6 is 0 Å². The van der Waals surface area contributed by atoms with Crippen molar-refractivity contribution in [2.24, 2.45) is 5.73 Å². The van der Waals surface area contributed by atoms with Crippen LogP contribution in [0.4, 0.5) is 14.9 Å². The third-order valence-electron chi connectivity index (χ3n) is 5.25. The van der Waals surface area contributed by atoms with E-state index in [0.717, 1.165) is 39.1 Å². The number of nitrogens with zero attached hydrogens (tertiary/aromatic N) is 3. The molecular weight excluding hydrogens is 379 g/mol. The lowest BCUT2D eigenvalue weighted by atomic mass is 10.0. The van der Waals surface area contributed by atoms with E-state index in [9.17, 15) is 10.1 Å². The van der Waals surface area contributed by atoms with Crippen molar-refractivity contribution >= 4 is 17.7 Å². The fourth-order valence-corrected chi connectivity index (χ4v) is 3.77. The van der Waals surface area contributed by atoms with Gasteiger partial charge in [-0.2, -0.15) is 5.26 Å². The minimum Gasteiger partial charge on any atom is -0.444 e. The van der Waals surface area contributed by atoms with Gasteiger partial charge in [-0.05, 0) is 18.9 Å². The molecule has 2 aliphatic heterocycles. The van der Waals surface area contributed by atoms with E-state index in [0.29, 0.717) is 19.1 Å². The maximum absolute atomic E-state index is 15.2. The second-order valence-corrected chi connectivity index (χ2v) is 7.03. The molecule has 0 atom stereocenters. The molecule has 156 valence electrons. The van der Waals surface area contributed by atoms with Gasteiger partial charge < -0.3 is 20.1 Å². The summed E-state index contributed by atoms with van der Waals surface area (Å²) in [6, 6.07) is 5.50. The molecule has 1 amide bonds. The Labute approximate surface area is 168 Å². The summed E-state index contributed by atoms with van der Waals surface area (Å²) in [6.45, 7) is 4.02. The van der Waals surface area contributed by atoms with E-state index in [1.807, 2.05) is 16.3 Å². The van der Waals surface area contributed by atoms with E-state index in [1.165, 1.54) is 12.1 Å². The molecule has 0 aliphatic carbocycles. The number of rotatable bonds is 4. The number of halogens is 1. The number of nitriles is 1. The van der Waals surface area contributed by atoms with Crippen LogP contribution in [0.3, 0.4) is 0 Å². The molecule has 9 nitrogen and oxygen atoms in total. The summed E-state index contributed by atoms with van der Waals surface area (Å²) < 4.78 is 25.5. The molecule has 0 aromatic heterocycles. The van der Waals surface area contributed by atoms with Crippen LogP contribution in [-0.2, 0) is 16.1 Å². The third kappa shape index (κ3) is 5.13. The van der Waals surface area contributed by atoms with E-state index in [-0.39, 0.29) is 23.4 Å². The number of benzene rings is 1. The normalized spacial score (nSPS) is 18.1. The average molecular weight is 404 g/mol. The van der Waals surface area contributed by atoms with Crippen LogP contribution in [-0.4, -0.2) is 62.4 Å². The smallest absolute Gasteiger partial charge is 0.414 e. The quantitative estimate of drug-likeness (QED) is 0.507. The predicted octanol–water partition coefficient (Wildman–Crippen LogP) is 1.12. The van der Waals surface area contributed by atoms with Gasteiger partial charge >= 0.3 is 6.09 Å². The van der Waals surface area contributed by atoms with Crippen LogP contribution < -0.4 is 16.0 Å². The van der Waals surface area contributed by atoms with Gasteiger partial charge in [-0.3, -0.25) is 15.6 Å². The molecule has 4 N–H and O–H groups in total. The highest BCUT2D eigenvalue weighted by atomic mass is 19.1. The van der Waals surface area contributed by atoms with E-state index in [2.05, 4.69) is 4.90 Å². The number of amides is 1. The van der Waals surface area contributed by atoms with E-state index >= 15 is 4.39 Å². The molecule has 3 rings (SSSR count). The maximum Gasteiger partial charge on any atom is 0.414 e. The molecule has 0 bridgehead atoms. The molecule has 1 aromatic rings. The van der Waals surface area contributed by atoms with E-state index in [4.69, 9.17) is 20.6 Å². The number of carbonyl (C=O) groups is 1. The monoisotopic (exact) mass is 404 g/mol. The van der Waals surface area contributed by atoms with Crippen molar-refractivity contribution in [3.63, 3.8) is 0 Å². The van der Waals surface area contributed by atoms with Gasteiger partial charge in [0.05, 0.1) is 11.3 Å². The van der Waals surface area contributed by atoms with Gasteiger partial charge in [0.1, 0.15) is 12.7 Å². The van der Waals surface area contributed by atoms with Crippen LogP contribution in [0.1, 0.15) is 24.0 Å². The number of anilines is 1. The number of piperazine rings is 1.